The molecule has 1 aromatic carbocycles. The lowest BCUT2D eigenvalue weighted by molar-refractivity contribution is 0.254. The van der Waals surface area contributed by atoms with Gasteiger partial charge in [0.15, 0.2) is 0 Å². The van der Waals surface area contributed by atoms with Crippen molar-refractivity contribution in [3.8, 4) is 11.5 Å². The van der Waals surface area contributed by atoms with Crippen molar-refractivity contribution in [3.63, 3.8) is 0 Å². The van der Waals surface area contributed by atoms with Gasteiger partial charge in [0.25, 0.3) is 0 Å². The molecule has 0 fully saturated rings. The van der Waals surface area contributed by atoms with Gasteiger partial charge in [-0.25, -0.2) is 0 Å². The Morgan fingerprint density at radius 3 is 3.04 bits per heavy atom. The van der Waals surface area contributed by atoms with Gasteiger partial charge in [-0.3, -0.25) is 0 Å². The van der Waals surface area contributed by atoms with Gasteiger partial charge in [0.2, 0.25) is 0 Å². The SMILES string of the molecule is CCc1nnc2n1C[C@H](NCc1cc3c(cc1OC)C[C@H](C)O3)CC2. The monoisotopic (exact) mass is 342 g/mol. The van der Waals surface area contributed by atoms with Gasteiger partial charge in [-0.1, -0.05) is 6.92 Å². The summed E-state index contributed by atoms with van der Waals surface area (Å²) >= 11 is 0. The molecule has 6 heteroatoms. The molecule has 1 aromatic heterocycles. The van der Waals surface area contributed by atoms with E-state index in [1.54, 1.807) is 7.11 Å². The van der Waals surface area contributed by atoms with Crippen LogP contribution < -0.4 is 14.8 Å². The van der Waals surface area contributed by atoms with Crippen molar-refractivity contribution in [2.45, 2.75) is 64.8 Å². The fraction of sp³-hybridized carbons (Fsp3) is 0.579. The fourth-order valence-electron chi connectivity index (χ4n) is 3.88. The number of methoxy groups -OCH3 is 1. The number of rotatable bonds is 5. The first-order valence-corrected chi connectivity index (χ1v) is 9.18. The Hall–Kier alpha value is -2.08. The van der Waals surface area contributed by atoms with Gasteiger partial charge in [0, 0.05) is 49.5 Å². The van der Waals surface area contributed by atoms with Crippen LogP contribution in [0.4, 0.5) is 0 Å². The fourth-order valence-corrected chi connectivity index (χ4v) is 3.88. The van der Waals surface area contributed by atoms with Crippen molar-refractivity contribution in [3.05, 3.63) is 34.9 Å². The number of ether oxygens (including phenoxy) is 2. The second kappa shape index (κ2) is 6.67. The van der Waals surface area contributed by atoms with Crippen molar-refractivity contribution in [1.29, 1.82) is 0 Å². The maximum absolute atomic E-state index is 5.90. The van der Waals surface area contributed by atoms with Crippen LogP contribution in [-0.2, 0) is 32.4 Å². The summed E-state index contributed by atoms with van der Waals surface area (Å²) in [5.74, 6) is 4.15. The Bertz CT molecular complexity index is 758. The minimum Gasteiger partial charge on any atom is -0.496 e. The first-order valence-electron chi connectivity index (χ1n) is 9.18. The highest BCUT2D eigenvalue weighted by molar-refractivity contribution is 5.48. The Balaban J connectivity index is 1.46. The van der Waals surface area contributed by atoms with Gasteiger partial charge >= 0.3 is 0 Å². The smallest absolute Gasteiger partial charge is 0.133 e. The maximum atomic E-state index is 5.90. The highest BCUT2D eigenvalue weighted by Gasteiger charge is 2.24. The summed E-state index contributed by atoms with van der Waals surface area (Å²) in [4.78, 5) is 0. The van der Waals surface area contributed by atoms with Crippen LogP contribution in [0.1, 0.15) is 43.0 Å². The van der Waals surface area contributed by atoms with Crippen molar-refractivity contribution in [2.75, 3.05) is 7.11 Å². The molecule has 0 radical (unpaired) electrons. The minimum absolute atomic E-state index is 0.251. The number of aromatic nitrogens is 3. The van der Waals surface area contributed by atoms with Crippen LogP contribution in [0.2, 0.25) is 0 Å². The highest BCUT2D eigenvalue weighted by Crippen LogP contribution is 2.35. The summed E-state index contributed by atoms with van der Waals surface area (Å²) in [6, 6.07) is 4.69. The number of hydrogen-bond acceptors (Lipinski definition) is 5. The Morgan fingerprint density at radius 1 is 1.36 bits per heavy atom. The molecule has 2 aliphatic rings. The van der Waals surface area contributed by atoms with E-state index in [-0.39, 0.29) is 6.10 Å². The second-order valence-corrected chi connectivity index (χ2v) is 7.02. The van der Waals surface area contributed by atoms with Gasteiger partial charge in [-0.15, -0.1) is 10.2 Å². The molecular weight excluding hydrogens is 316 g/mol. The van der Waals surface area contributed by atoms with E-state index in [1.807, 2.05) is 0 Å². The van der Waals surface area contributed by atoms with E-state index in [4.69, 9.17) is 9.47 Å². The van der Waals surface area contributed by atoms with Crippen LogP contribution in [0.5, 0.6) is 11.5 Å². The molecule has 2 aromatic rings. The maximum Gasteiger partial charge on any atom is 0.133 e. The Labute approximate surface area is 148 Å². The van der Waals surface area contributed by atoms with Crippen LogP contribution in [-0.4, -0.2) is 34.0 Å². The molecule has 2 aliphatic heterocycles. The minimum atomic E-state index is 0.251. The van der Waals surface area contributed by atoms with E-state index >= 15 is 0 Å². The van der Waals surface area contributed by atoms with E-state index < -0.39 is 0 Å². The topological polar surface area (TPSA) is 61.2 Å². The van der Waals surface area contributed by atoms with Crippen LogP contribution in [0.3, 0.4) is 0 Å². The van der Waals surface area contributed by atoms with E-state index in [0.717, 1.165) is 67.5 Å². The van der Waals surface area contributed by atoms with Crippen LogP contribution in [0, 0.1) is 0 Å². The molecule has 25 heavy (non-hydrogen) atoms. The van der Waals surface area contributed by atoms with Gasteiger partial charge in [0.05, 0.1) is 7.11 Å². The zero-order valence-corrected chi connectivity index (χ0v) is 15.2. The second-order valence-electron chi connectivity index (χ2n) is 7.02. The third-order valence-electron chi connectivity index (χ3n) is 5.22. The molecule has 0 saturated heterocycles. The molecule has 134 valence electrons. The molecule has 0 aliphatic carbocycles. The molecule has 6 nitrogen and oxygen atoms in total. The first-order chi connectivity index (χ1) is 12.2. The number of hydrogen-bond donors (Lipinski definition) is 1. The quantitative estimate of drug-likeness (QED) is 0.903. The van der Waals surface area contributed by atoms with Crippen molar-refractivity contribution in [2.24, 2.45) is 0 Å². The lowest BCUT2D eigenvalue weighted by Gasteiger charge is -2.25. The van der Waals surface area contributed by atoms with E-state index in [0.29, 0.717) is 6.04 Å². The average molecular weight is 342 g/mol. The third-order valence-corrected chi connectivity index (χ3v) is 5.22. The number of fused-ring (bicyclic) bond motifs is 2. The number of benzene rings is 1. The standard InChI is InChI=1S/C19H26N4O2/c1-4-18-21-22-19-6-5-15(11-23(18)19)20-10-14-9-17-13(7-12(2)25-17)8-16(14)24-3/h8-9,12,15,20H,4-7,10-11H2,1-3H3/t12-,15+/m0/s1. The molecule has 3 heterocycles. The summed E-state index contributed by atoms with van der Waals surface area (Å²) in [7, 11) is 1.74. The summed E-state index contributed by atoms with van der Waals surface area (Å²) in [6.45, 7) is 5.95. The number of nitrogens with one attached hydrogen (secondary N) is 1. The number of aryl methyl sites for hydroxylation is 2. The first kappa shape index (κ1) is 16.4. The van der Waals surface area contributed by atoms with Crippen molar-refractivity contribution < 1.29 is 9.47 Å². The molecule has 0 spiro atoms. The van der Waals surface area contributed by atoms with Crippen LogP contribution >= 0.6 is 0 Å². The van der Waals surface area contributed by atoms with Gasteiger partial charge in [-0.2, -0.15) is 0 Å². The Kier molecular flexibility index (Phi) is 4.37. The molecule has 2 atom stereocenters. The summed E-state index contributed by atoms with van der Waals surface area (Å²) in [5.41, 5.74) is 2.40. The lowest BCUT2D eigenvalue weighted by atomic mass is 10.0. The lowest BCUT2D eigenvalue weighted by Crippen LogP contribution is -2.37. The van der Waals surface area contributed by atoms with E-state index in [2.05, 4.69) is 46.1 Å². The Morgan fingerprint density at radius 2 is 2.24 bits per heavy atom. The zero-order chi connectivity index (χ0) is 17.4. The molecule has 1 N–H and O–H groups in total. The van der Waals surface area contributed by atoms with Gasteiger partial charge < -0.3 is 19.4 Å². The molecule has 0 amide bonds. The molecule has 4 rings (SSSR count). The molecule has 0 bridgehead atoms. The molecular formula is C19H26N4O2. The highest BCUT2D eigenvalue weighted by atomic mass is 16.5. The summed E-state index contributed by atoms with van der Waals surface area (Å²) in [5, 5.41) is 12.3. The predicted octanol–water partition coefficient (Wildman–Crippen LogP) is 2.28. The van der Waals surface area contributed by atoms with Crippen LogP contribution in [0.15, 0.2) is 12.1 Å². The number of nitrogens with zero attached hydrogens (tertiary/aromatic N) is 3. The van der Waals surface area contributed by atoms with Gasteiger partial charge in [0.1, 0.15) is 29.3 Å². The van der Waals surface area contributed by atoms with E-state index in [1.165, 1.54) is 5.56 Å². The molecule has 0 saturated carbocycles. The van der Waals surface area contributed by atoms with Crippen molar-refractivity contribution >= 4 is 0 Å². The predicted molar refractivity (Wildman–Crippen MR) is 95.1 cm³/mol. The van der Waals surface area contributed by atoms with E-state index in [9.17, 15) is 0 Å². The zero-order valence-electron chi connectivity index (χ0n) is 15.2. The summed E-state index contributed by atoms with van der Waals surface area (Å²) in [6.07, 6.45) is 4.20. The largest absolute Gasteiger partial charge is 0.496 e. The third kappa shape index (κ3) is 3.11. The van der Waals surface area contributed by atoms with Gasteiger partial charge in [-0.05, 0) is 25.5 Å². The molecule has 0 unspecified atom stereocenters. The van der Waals surface area contributed by atoms with Crippen LogP contribution in [0.25, 0.3) is 0 Å². The van der Waals surface area contributed by atoms with Crippen molar-refractivity contribution in [1.82, 2.24) is 20.1 Å². The normalized spacial score (nSPS) is 21.6. The summed E-state index contributed by atoms with van der Waals surface area (Å²) < 4.78 is 13.8. The average Bonchev–Trinajstić information content (AvgIpc) is 3.19.